The zero-order valence-electron chi connectivity index (χ0n) is 19.5. The Morgan fingerprint density at radius 2 is 1.94 bits per heavy atom. The standard InChI is InChI=1S/C26H27N5O4/c1-15-10-21-22(31-23(16-6-8-35-9-7-16)28-29-24(31)25(33)27-21)12-20(15)26(34)30-13-18-5-3-2-4-17(18)11-19(30)14-32/h2-5,10,12,16,19,32H,6-9,11,13-14H2,1H3,(H,27,33)/t19-/m1/s1. The van der Waals surface area contributed by atoms with Gasteiger partial charge in [-0.1, -0.05) is 24.3 Å². The molecular weight excluding hydrogens is 446 g/mol. The van der Waals surface area contributed by atoms with Gasteiger partial charge in [-0.25, -0.2) is 0 Å². The summed E-state index contributed by atoms with van der Waals surface area (Å²) in [7, 11) is 0. The van der Waals surface area contributed by atoms with Crippen LogP contribution in [-0.4, -0.2) is 61.4 Å². The first-order chi connectivity index (χ1) is 17.0. The van der Waals surface area contributed by atoms with Crippen LogP contribution in [0.15, 0.2) is 41.2 Å². The van der Waals surface area contributed by atoms with Gasteiger partial charge in [-0.05, 0) is 55.0 Å². The van der Waals surface area contributed by atoms with E-state index in [4.69, 9.17) is 4.74 Å². The Morgan fingerprint density at radius 1 is 1.17 bits per heavy atom. The summed E-state index contributed by atoms with van der Waals surface area (Å²) >= 11 is 0. The number of aryl methyl sites for hydroxylation is 1. The second-order valence-corrected chi connectivity index (χ2v) is 9.48. The van der Waals surface area contributed by atoms with Crippen molar-refractivity contribution in [1.82, 2.24) is 24.5 Å². The van der Waals surface area contributed by atoms with Crippen molar-refractivity contribution in [2.45, 2.75) is 44.7 Å². The minimum Gasteiger partial charge on any atom is -0.394 e. The predicted molar refractivity (Wildman–Crippen MR) is 130 cm³/mol. The van der Waals surface area contributed by atoms with Crippen LogP contribution in [0.2, 0.25) is 0 Å². The van der Waals surface area contributed by atoms with E-state index in [1.807, 2.05) is 37.3 Å². The topological polar surface area (TPSA) is 113 Å². The fourth-order valence-corrected chi connectivity index (χ4v) is 5.43. The average molecular weight is 474 g/mol. The van der Waals surface area contributed by atoms with Crippen LogP contribution in [0.5, 0.6) is 0 Å². The lowest BCUT2D eigenvalue weighted by Gasteiger charge is -2.36. The minimum absolute atomic E-state index is 0.108. The molecule has 0 bridgehead atoms. The third-order valence-corrected chi connectivity index (χ3v) is 7.37. The summed E-state index contributed by atoms with van der Waals surface area (Å²) < 4.78 is 7.31. The van der Waals surface area contributed by atoms with Crippen LogP contribution in [0, 0.1) is 6.92 Å². The molecule has 1 atom stereocenters. The molecule has 0 radical (unpaired) electrons. The highest BCUT2D eigenvalue weighted by atomic mass is 16.5. The number of carbonyl (C=O) groups is 1. The number of aromatic amines is 1. The molecule has 2 N–H and O–H groups in total. The summed E-state index contributed by atoms with van der Waals surface area (Å²) in [5.74, 6) is 0.710. The molecule has 0 saturated carbocycles. The molecular formula is C26H27N5O4. The average Bonchev–Trinajstić information content (AvgIpc) is 3.34. The molecule has 1 fully saturated rings. The molecule has 0 aliphatic carbocycles. The van der Waals surface area contributed by atoms with Gasteiger partial charge in [-0.3, -0.25) is 14.0 Å². The normalized spacial score (nSPS) is 18.8. The van der Waals surface area contributed by atoms with E-state index in [2.05, 4.69) is 21.2 Å². The van der Waals surface area contributed by atoms with Crippen molar-refractivity contribution in [2.75, 3.05) is 19.8 Å². The van der Waals surface area contributed by atoms with Crippen LogP contribution in [-0.2, 0) is 17.7 Å². The molecule has 35 heavy (non-hydrogen) atoms. The molecule has 6 rings (SSSR count). The summed E-state index contributed by atoms with van der Waals surface area (Å²) in [4.78, 5) is 31.3. The number of nitrogens with one attached hydrogen (secondary N) is 1. The lowest BCUT2D eigenvalue weighted by atomic mass is 9.93. The number of fused-ring (bicyclic) bond motifs is 4. The maximum atomic E-state index is 13.9. The Balaban J connectivity index is 1.48. The number of ether oxygens (including phenoxy) is 1. The summed E-state index contributed by atoms with van der Waals surface area (Å²) in [5, 5.41) is 18.6. The zero-order chi connectivity index (χ0) is 24.1. The lowest BCUT2D eigenvalue weighted by Crippen LogP contribution is -2.46. The number of aliphatic hydroxyl groups excluding tert-OH is 1. The van der Waals surface area contributed by atoms with E-state index in [0.717, 1.165) is 35.4 Å². The highest BCUT2D eigenvalue weighted by Crippen LogP contribution is 2.30. The molecule has 4 heterocycles. The smallest absolute Gasteiger partial charge is 0.294 e. The van der Waals surface area contributed by atoms with Gasteiger partial charge in [-0.2, -0.15) is 0 Å². The van der Waals surface area contributed by atoms with Crippen molar-refractivity contribution in [1.29, 1.82) is 0 Å². The van der Waals surface area contributed by atoms with Gasteiger partial charge in [0.15, 0.2) is 0 Å². The molecule has 180 valence electrons. The second-order valence-electron chi connectivity index (χ2n) is 9.48. The molecule has 2 aromatic heterocycles. The molecule has 1 saturated heterocycles. The van der Waals surface area contributed by atoms with Gasteiger partial charge in [0.05, 0.1) is 23.7 Å². The van der Waals surface area contributed by atoms with Crippen molar-refractivity contribution >= 4 is 22.6 Å². The minimum atomic E-state index is -0.310. The number of amides is 1. The first-order valence-electron chi connectivity index (χ1n) is 12.0. The van der Waals surface area contributed by atoms with Gasteiger partial charge in [-0.15, -0.1) is 10.2 Å². The molecule has 1 amide bonds. The van der Waals surface area contributed by atoms with Crippen LogP contribution in [0.1, 0.15) is 51.6 Å². The first kappa shape index (κ1) is 21.9. The van der Waals surface area contributed by atoms with E-state index in [0.29, 0.717) is 42.8 Å². The number of benzene rings is 2. The second kappa shape index (κ2) is 8.58. The summed E-state index contributed by atoms with van der Waals surface area (Å²) in [6, 6.07) is 11.4. The number of rotatable bonds is 3. The first-order valence-corrected chi connectivity index (χ1v) is 12.0. The quantitative estimate of drug-likeness (QED) is 0.472. The van der Waals surface area contributed by atoms with Crippen molar-refractivity contribution in [3.8, 4) is 0 Å². The number of carbonyl (C=O) groups excluding carboxylic acids is 1. The van der Waals surface area contributed by atoms with Crippen molar-refractivity contribution in [2.24, 2.45) is 0 Å². The van der Waals surface area contributed by atoms with E-state index >= 15 is 0 Å². The third-order valence-electron chi connectivity index (χ3n) is 7.37. The maximum Gasteiger partial charge on any atom is 0.294 e. The molecule has 9 nitrogen and oxygen atoms in total. The van der Waals surface area contributed by atoms with Gasteiger partial charge >= 0.3 is 0 Å². The van der Waals surface area contributed by atoms with Crippen LogP contribution < -0.4 is 5.56 Å². The largest absolute Gasteiger partial charge is 0.394 e. The Bertz CT molecular complexity index is 1500. The molecule has 0 unspecified atom stereocenters. The Hall–Kier alpha value is -3.56. The van der Waals surface area contributed by atoms with E-state index in [9.17, 15) is 14.7 Å². The maximum absolute atomic E-state index is 13.9. The van der Waals surface area contributed by atoms with Gasteiger partial charge in [0.2, 0.25) is 5.65 Å². The van der Waals surface area contributed by atoms with Gasteiger partial charge in [0, 0.05) is 31.2 Å². The number of aliphatic hydroxyl groups is 1. The molecule has 9 heteroatoms. The molecule has 2 aliphatic rings. The van der Waals surface area contributed by atoms with E-state index in [1.165, 1.54) is 0 Å². The fourth-order valence-electron chi connectivity index (χ4n) is 5.43. The van der Waals surface area contributed by atoms with E-state index in [-0.39, 0.29) is 35.7 Å². The molecule has 2 aliphatic heterocycles. The zero-order valence-corrected chi connectivity index (χ0v) is 19.5. The van der Waals surface area contributed by atoms with E-state index < -0.39 is 0 Å². The number of H-pyrrole nitrogens is 1. The number of nitrogens with zero attached hydrogens (tertiary/aromatic N) is 4. The summed E-state index contributed by atoms with van der Waals surface area (Å²) in [6.45, 7) is 3.49. The third kappa shape index (κ3) is 3.62. The highest BCUT2D eigenvalue weighted by molar-refractivity contribution is 5.99. The van der Waals surface area contributed by atoms with Gasteiger partial charge in [0.25, 0.3) is 11.5 Å². The highest BCUT2D eigenvalue weighted by Gasteiger charge is 2.31. The van der Waals surface area contributed by atoms with Crippen molar-refractivity contribution in [3.05, 3.63) is 74.8 Å². The van der Waals surface area contributed by atoms with Gasteiger partial charge < -0.3 is 19.7 Å². The number of hydrogen-bond donors (Lipinski definition) is 2. The molecule has 2 aromatic carbocycles. The monoisotopic (exact) mass is 473 g/mol. The van der Waals surface area contributed by atoms with E-state index in [1.54, 1.807) is 9.30 Å². The Labute approximate surface area is 201 Å². The predicted octanol–water partition coefficient (Wildman–Crippen LogP) is 2.33. The SMILES string of the molecule is Cc1cc2[nH]c(=O)c3nnc(C4CCOCC4)n3c2cc1C(=O)N1Cc2ccccc2C[C@@H]1CO. The van der Waals surface area contributed by atoms with Gasteiger partial charge in [0.1, 0.15) is 5.82 Å². The van der Waals surface area contributed by atoms with Crippen molar-refractivity contribution in [3.63, 3.8) is 0 Å². The number of aromatic nitrogens is 4. The van der Waals surface area contributed by atoms with Crippen LogP contribution in [0.25, 0.3) is 16.7 Å². The molecule has 4 aromatic rings. The summed E-state index contributed by atoms with van der Waals surface area (Å²) in [5.41, 5.74) is 4.79. The van der Waals surface area contributed by atoms with Crippen LogP contribution >= 0.6 is 0 Å². The van der Waals surface area contributed by atoms with Crippen LogP contribution in [0.3, 0.4) is 0 Å². The Kier molecular flexibility index (Phi) is 5.38. The van der Waals surface area contributed by atoms with Crippen LogP contribution in [0.4, 0.5) is 0 Å². The lowest BCUT2D eigenvalue weighted by molar-refractivity contribution is 0.0543. The molecule has 0 spiro atoms. The van der Waals surface area contributed by atoms with Crippen molar-refractivity contribution < 1.29 is 14.6 Å². The number of hydrogen-bond acceptors (Lipinski definition) is 6. The summed E-state index contributed by atoms with van der Waals surface area (Å²) in [6.07, 6.45) is 2.22. The Morgan fingerprint density at radius 3 is 2.71 bits per heavy atom. The fraction of sp³-hybridized carbons (Fsp3) is 0.385.